The Kier molecular flexibility index (Phi) is 3.61. The summed E-state index contributed by atoms with van der Waals surface area (Å²) >= 11 is 1.64. The molecular weight excluding hydrogens is 234 g/mol. The smallest absolute Gasteiger partial charge is 0.387 e. The van der Waals surface area contributed by atoms with Crippen LogP contribution >= 0.6 is 11.8 Å². The highest BCUT2D eigenvalue weighted by Crippen LogP contribution is 2.20. The van der Waals surface area contributed by atoms with Crippen molar-refractivity contribution in [3.05, 3.63) is 24.3 Å². The molecule has 86 valence electrons. The summed E-state index contributed by atoms with van der Waals surface area (Å²) < 4.78 is 28.0. The first kappa shape index (κ1) is 11.2. The highest BCUT2D eigenvalue weighted by molar-refractivity contribution is 8.14. The summed E-state index contributed by atoms with van der Waals surface area (Å²) in [4.78, 5) is 4.22. The summed E-state index contributed by atoms with van der Waals surface area (Å²) in [5.41, 5.74) is 0.815. The standard InChI is InChI=1S/C10H10F2N2OS/c11-9(12)15-8-3-1-7(2-4-8)14-10-13-5-6-16-10/h1-4,9H,5-6H2,(H,13,14). The van der Waals surface area contributed by atoms with E-state index in [0.717, 1.165) is 23.2 Å². The van der Waals surface area contributed by atoms with Crippen LogP contribution in [0.25, 0.3) is 0 Å². The Morgan fingerprint density at radius 3 is 2.62 bits per heavy atom. The van der Waals surface area contributed by atoms with Crippen LogP contribution in [0.3, 0.4) is 0 Å². The van der Waals surface area contributed by atoms with Gasteiger partial charge in [-0.25, -0.2) is 0 Å². The number of benzene rings is 1. The Hall–Kier alpha value is -1.30. The van der Waals surface area contributed by atoms with Gasteiger partial charge in [-0.05, 0) is 24.3 Å². The first-order valence-corrected chi connectivity index (χ1v) is 5.72. The number of thioether (sulfide) groups is 1. The van der Waals surface area contributed by atoms with E-state index in [0.29, 0.717) is 0 Å². The summed E-state index contributed by atoms with van der Waals surface area (Å²) in [6.45, 7) is -1.96. The van der Waals surface area contributed by atoms with E-state index in [-0.39, 0.29) is 5.75 Å². The quantitative estimate of drug-likeness (QED) is 0.887. The van der Waals surface area contributed by atoms with Crippen molar-refractivity contribution in [2.45, 2.75) is 6.61 Å². The predicted molar refractivity (Wildman–Crippen MR) is 61.5 cm³/mol. The summed E-state index contributed by atoms with van der Waals surface area (Å²) in [5.74, 6) is 1.14. The lowest BCUT2D eigenvalue weighted by molar-refractivity contribution is -0.0498. The molecule has 0 spiro atoms. The second-order valence-corrected chi connectivity index (χ2v) is 4.15. The topological polar surface area (TPSA) is 33.6 Å². The van der Waals surface area contributed by atoms with Gasteiger partial charge in [-0.1, -0.05) is 11.8 Å². The molecule has 6 heteroatoms. The molecule has 0 unspecified atom stereocenters. The monoisotopic (exact) mass is 244 g/mol. The summed E-state index contributed by atoms with van der Waals surface area (Å²) in [5, 5.41) is 3.95. The van der Waals surface area contributed by atoms with E-state index in [9.17, 15) is 8.78 Å². The van der Waals surface area contributed by atoms with E-state index >= 15 is 0 Å². The third-order valence-electron chi connectivity index (χ3n) is 1.92. The normalized spacial score (nSPS) is 15.1. The molecule has 0 aliphatic carbocycles. The van der Waals surface area contributed by atoms with E-state index < -0.39 is 6.61 Å². The molecule has 1 aliphatic heterocycles. The second kappa shape index (κ2) is 5.16. The van der Waals surface area contributed by atoms with Crippen molar-refractivity contribution >= 4 is 22.6 Å². The molecule has 16 heavy (non-hydrogen) atoms. The number of aliphatic imine (C=N–C) groups is 1. The number of ether oxygens (including phenoxy) is 1. The van der Waals surface area contributed by atoms with Gasteiger partial charge in [-0.2, -0.15) is 8.78 Å². The molecule has 0 amide bonds. The Morgan fingerprint density at radius 1 is 1.31 bits per heavy atom. The lowest BCUT2D eigenvalue weighted by atomic mass is 10.3. The van der Waals surface area contributed by atoms with Crippen molar-refractivity contribution in [2.75, 3.05) is 17.6 Å². The zero-order valence-electron chi connectivity index (χ0n) is 8.32. The van der Waals surface area contributed by atoms with Crippen LogP contribution in [0.1, 0.15) is 0 Å². The zero-order chi connectivity index (χ0) is 11.4. The molecule has 0 radical (unpaired) electrons. The fourth-order valence-electron chi connectivity index (χ4n) is 1.25. The van der Waals surface area contributed by atoms with E-state index in [1.165, 1.54) is 12.1 Å². The lowest BCUT2D eigenvalue weighted by Gasteiger charge is -2.07. The first-order chi connectivity index (χ1) is 7.74. The van der Waals surface area contributed by atoms with Crippen LogP contribution in [0.5, 0.6) is 5.75 Å². The van der Waals surface area contributed by atoms with Gasteiger partial charge in [-0.15, -0.1) is 0 Å². The molecule has 1 heterocycles. The number of hydrogen-bond acceptors (Lipinski definition) is 4. The van der Waals surface area contributed by atoms with Gasteiger partial charge in [0, 0.05) is 11.4 Å². The predicted octanol–water partition coefficient (Wildman–Crippen LogP) is 2.80. The maximum atomic E-state index is 11.9. The molecule has 1 aliphatic rings. The largest absolute Gasteiger partial charge is 0.435 e. The molecule has 1 aromatic carbocycles. The van der Waals surface area contributed by atoms with Gasteiger partial charge in [0.1, 0.15) is 5.75 Å². The fourth-order valence-corrected chi connectivity index (χ4v) is 2.00. The molecule has 0 saturated heterocycles. The Bertz CT molecular complexity index is 381. The molecule has 1 aromatic rings. The van der Waals surface area contributed by atoms with E-state index in [1.54, 1.807) is 23.9 Å². The molecule has 0 atom stereocenters. The van der Waals surface area contributed by atoms with Crippen LogP contribution < -0.4 is 10.1 Å². The Morgan fingerprint density at radius 2 is 2.06 bits per heavy atom. The van der Waals surface area contributed by atoms with Gasteiger partial charge in [0.2, 0.25) is 0 Å². The van der Waals surface area contributed by atoms with Crippen LogP contribution in [0.2, 0.25) is 0 Å². The van der Waals surface area contributed by atoms with Crippen molar-refractivity contribution in [3.63, 3.8) is 0 Å². The Balaban J connectivity index is 1.96. The van der Waals surface area contributed by atoms with E-state index in [2.05, 4.69) is 15.0 Å². The van der Waals surface area contributed by atoms with Crippen molar-refractivity contribution < 1.29 is 13.5 Å². The van der Waals surface area contributed by atoms with Gasteiger partial charge < -0.3 is 10.1 Å². The second-order valence-electron chi connectivity index (χ2n) is 3.06. The average Bonchev–Trinajstić information content (AvgIpc) is 2.73. The van der Waals surface area contributed by atoms with Crippen molar-refractivity contribution in [1.29, 1.82) is 0 Å². The molecule has 0 aromatic heterocycles. The van der Waals surface area contributed by atoms with Crippen LogP contribution in [0.4, 0.5) is 14.5 Å². The van der Waals surface area contributed by atoms with Crippen molar-refractivity contribution in [3.8, 4) is 5.75 Å². The first-order valence-electron chi connectivity index (χ1n) is 4.73. The summed E-state index contributed by atoms with van der Waals surface area (Å²) in [7, 11) is 0. The maximum Gasteiger partial charge on any atom is 0.387 e. The summed E-state index contributed by atoms with van der Waals surface area (Å²) in [6.07, 6.45) is 0. The van der Waals surface area contributed by atoms with Gasteiger partial charge in [0.05, 0.1) is 6.54 Å². The molecular formula is C10H10F2N2OS. The number of nitrogens with zero attached hydrogens (tertiary/aromatic N) is 1. The lowest BCUT2D eigenvalue weighted by Crippen LogP contribution is -2.05. The number of amidine groups is 1. The number of anilines is 1. The molecule has 0 fully saturated rings. The van der Waals surface area contributed by atoms with E-state index in [1.807, 2.05) is 0 Å². The molecule has 2 rings (SSSR count). The summed E-state index contributed by atoms with van der Waals surface area (Å²) in [6, 6.07) is 6.35. The third-order valence-corrected chi connectivity index (χ3v) is 2.81. The van der Waals surface area contributed by atoms with Crippen LogP contribution in [0.15, 0.2) is 29.3 Å². The minimum absolute atomic E-state index is 0.154. The molecule has 0 saturated carbocycles. The Labute approximate surface area is 95.9 Å². The van der Waals surface area contributed by atoms with Gasteiger partial charge in [-0.3, -0.25) is 4.99 Å². The van der Waals surface area contributed by atoms with Crippen molar-refractivity contribution in [1.82, 2.24) is 0 Å². The average molecular weight is 244 g/mol. The number of halogens is 2. The minimum Gasteiger partial charge on any atom is -0.435 e. The number of hydrogen-bond donors (Lipinski definition) is 1. The van der Waals surface area contributed by atoms with Gasteiger partial charge in [0.25, 0.3) is 0 Å². The third kappa shape index (κ3) is 3.10. The number of rotatable bonds is 3. The molecule has 1 N–H and O–H groups in total. The zero-order valence-corrected chi connectivity index (χ0v) is 9.14. The van der Waals surface area contributed by atoms with Crippen LogP contribution in [0, 0.1) is 0 Å². The minimum atomic E-state index is -2.78. The van der Waals surface area contributed by atoms with E-state index in [4.69, 9.17) is 0 Å². The van der Waals surface area contributed by atoms with Crippen LogP contribution in [-0.4, -0.2) is 24.1 Å². The fraction of sp³-hybridized carbons (Fsp3) is 0.300. The van der Waals surface area contributed by atoms with Crippen LogP contribution in [-0.2, 0) is 0 Å². The number of nitrogens with one attached hydrogen (secondary N) is 1. The molecule has 3 nitrogen and oxygen atoms in total. The van der Waals surface area contributed by atoms with Gasteiger partial charge in [0.15, 0.2) is 5.17 Å². The SMILES string of the molecule is FC(F)Oc1ccc(NC2=NCCS2)cc1. The van der Waals surface area contributed by atoms with Gasteiger partial charge >= 0.3 is 6.61 Å². The molecule has 0 bridgehead atoms. The highest BCUT2D eigenvalue weighted by Gasteiger charge is 2.07. The van der Waals surface area contributed by atoms with Crippen molar-refractivity contribution in [2.24, 2.45) is 4.99 Å². The highest BCUT2D eigenvalue weighted by atomic mass is 32.2. The maximum absolute atomic E-state index is 11.9. The number of alkyl halides is 2.